The zero-order chi connectivity index (χ0) is 14.9. The summed E-state index contributed by atoms with van der Waals surface area (Å²) < 4.78 is 1.61. The minimum absolute atomic E-state index is 0.0725. The summed E-state index contributed by atoms with van der Waals surface area (Å²) in [6.45, 7) is 1.70. The predicted octanol–water partition coefficient (Wildman–Crippen LogP) is 1.56. The van der Waals surface area contributed by atoms with E-state index in [-0.39, 0.29) is 12.2 Å². The Bertz CT molecular complexity index is 794. The van der Waals surface area contributed by atoms with Gasteiger partial charge in [-0.05, 0) is 28.4 Å². The van der Waals surface area contributed by atoms with Crippen molar-refractivity contribution in [2.45, 2.75) is 13.5 Å². The van der Waals surface area contributed by atoms with Crippen LogP contribution in [0, 0.1) is 17.0 Å². The third-order valence-electron chi connectivity index (χ3n) is 2.78. The second kappa shape index (κ2) is 5.41. The second-order valence-corrected chi connectivity index (χ2v) is 5.00. The van der Waals surface area contributed by atoms with E-state index in [0.29, 0.717) is 15.6 Å². The molecule has 2 aromatic rings. The minimum Gasteiger partial charge on any atom is -0.296 e. The predicted molar refractivity (Wildman–Crippen MR) is 76.0 cm³/mol. The normalized spacial score (nSPS) is 10.5. The van der Waals surface area contributed by atoms with E-state index in [0.717, 1.165) is 0 Å². The molecule has 0 fully saturated rings. The number of aromatic amines is 1. The molecular formula is C12H10BrN3O4. The zero-order valence-corrected chi connectivity index (χ0v) is 12.0. The van der Waals surface area contributed by atoms with Gasteiger partial charge in [-0.25, -0.2) is 4.79 Å². The van der Waals surface area contributed by atoms with E-state index in [1.807, 2.05) is 0 Å². The van der Waals surface area contributed by atoms with Crippen molar-refractivity contribution in [3.05, 3.63) is 70.9 Å². The van der Waals surface area contributed by atoms with Crippen LogP contribution in [0.3, 0.4) is 0 Å². The van der Waals surface area contributed by atoms with Gasteiger partial charge >= 0.3 is 5.69 Å². The molecule has 0 atom stereocenters. The van der Waals surface area contributed by atoms with Gasteiger partial charge in [0.25, 0.3) is 11.2 Å². The van der Waals surface area contributed by atoms with Crippen molar-refractivity contribution in [3.8, 4) is 0 Å². The summed E-state index contributed by atoms with van der Waals surface area (Å²) in [7, 11) is 0. The molecule has 1 aromatic carbocycles. The molecule has 1 heterocycles. The number of nitro benzene ring substituents is 1. The lowest BCUT2D eigenvalue weighted by Gasteiger charge is -2.08. The van der Waals surface area contributed by atoms with Gasteiger partial charge in [-0.2, -0.15) is 0 Å². The lowest BCUT2D eigenvalue weighted by Crippen LogP contribution is -2.31. The fourth-order valence-corrected chi connectivity index (χ4v) is 2.28. The molecule has 0 aliphatic rings. The number of rotatable bonds is 3. The Morgan fingerprint density at radius 2 is 2.10 bits per heavy atom. The highest BCUT2D eigenvalue weighted by atomic mass is 79.9. The first-order chi connectivity index (χ1) is 9.40. The fraction of sp³-hybridized carbons (Fsp3) is 0.167. The molecule has 1 N–H and O–H groups in total. The minimum atomic E-state index is -0.556. The van der Waals surface area contributed by atoms with Crippen molar-refractivity contribution >= 4 is 21.6 Å². The van der Waals surface area contributed by atoms with Crippen molar-refractivity contribution in [2.75, 3.05) is 0 Å². The van der Waals surface area contributed by atoms with Crippen LogP contribution < -0.4 is 11.2 Å². The average Bonchev–Trinajstić information content (AvgIpc) is 2.37. The van der Waals surface area contributed by atoms with Crippen LogP contribution in [0.4, 0.5) is 5.69 Å². The van der Waals surface area contributed by atoms with Gasteiger partial charge in [0.1, 0.15) is 4.47 Å². The number of halogens is 1. The fourth-order valence-electron chi connectivity index (χ4n) is 1.75. The number of hydrogen-bond donors (Lipinski definition) is 1. The van der Waals surface area contributed by atoms with Gasteiger partial charge in [-0.1, -0.05) is 12.1 Å². The van der Waals surface area contributed by atoms with Crippen LogP contribution in [0.5, 0.6) is 0 Å². The molecule has 8 heteroatoms. The van der Waals surface area contributed by atoms with Crippen molar-refractivity contribution in [1.82, 2.24) is 9.55 Å². The zero-order valence-electron chi connectivity index (χ0n) is 10.4. The lowest BCUT2D eigenvalue weighted by atomic mass is 10.2. The smallest absolute Gasteiger partial charge is 0.296 e. The topological polar surface area (TPSA) is 98.0 Å². The number of hydrogen-bond acceptors (Lipinski definition) is 4. The van der Waals surface area contributed by atoms with Crippen LogP contribution in [-0.2, 0) is 6.54 Å². The summed E-state index contributed by atoms with van der Waals surface area (Å²) in [4.78, 5) is 35.5. The number of nitrogens with zero attached hydrogens (tertiary/aromatic N) is 2. The second-order valence-electron chi connectivity index (χ2n) is 4.21. The maximum Gasteiger partial charge on any atom is 0.328 e. The Labute approximate surface area is 121 Å². The molecule has 0 aliphatic heterocycles. The van der Waals surface area contributed by atoms with Gasteiger partial charge in [0.05, 0.1) is 11.5 Å². The van der Waals surface area contributed by atoms with Crippen molar-refractivity contribution in [2.24, 2.45) is 0 Å². The SMILES string of the molecule is Cc1cn(Cc2cccc([N+](=O)[O-])c2Br)c(=O)[nH]c1=O. The number of nitrogens with one attached hydrogen (secondary N) is 1. The van der Waals surface area contributed by atoms with Crippen LogP contribution >= 0.6 is 15.9 Å². The summed E-state index contributed by atoms with van der Waals surface area (Å²) >= 11 is 3.17. The highest BCUT2D eigenvalue weighted by Gasteiger charge is 2.15. The summed E-state index contributed by atoms with van der Waals surface area (Å²) in [5, 5.41) is 10.9. The van der Waals surface area contributed by atoms with E-state index < -0.39 is 16.2 Å². The quantitative estimate of drug-likeness (QED) is 0.677. The van der Waals surface area contributed by atoms with Crippen LogP contribution in [0.15, 0.2) is 38.5 Å². The van der Waals surface area contributed by atoms with Gasteiger partial charge in [-0.3, -0.25) is 24.5 Å². The molecule has 20 heavy (non-hydrogen) atoms. The molecule has 104 valence electrons. The third kappa shape index (κ3) is 2.69. The van der Waals surface area contributed by atoms with E-state index in [9.17, 15) is 19.7 Å². The number of aryl methyl sites for hydroxylation is 1. The summed E-state index contributed by atoms with van der Waals surface area (Å²) in [6.07, 6.45) is 1.42. The Balaban J connectivity index is 2.48. The number of nitro groups is 1. The first kappa shape index (κ1) is 14.2. The molecule has 0 saturated heterocycles. The number of benzene rings is 1. The largest absolute Gasteiger partial charge is 0.328 e. The van der Waals surface area contributed by atoms with Gasteiger partial charge < -0.3 is 0 Å². The Kier molecular flexibility index (Phi) is 3.84. The summed E-state index contributed by atoms with van der Waals surface area (Å²) in [5.74, 6) is 0. The third-order valence-corrected chi connectivity index (χ3v) is 3.70. The van der Waals surface area contributed by atoms with E-state index >= 15 is 0 Å². The molecule has 7 nitrogen and oxygen atoms in total. The van der Waals surface area contributed by atoms with E-state index in [2.05, 4.69) is 20.9 Å². The monoisotopic (exact) mass is 339 g/mol. The van der Waals surface area contributed by atoms with Crippen LogP contribution in [-0.4, -0.2) is 14.5 Å². The van der Waals surface area contributed by atoms with E-state index in [4.69, 9.17) is 0 Å². The highest BCUT2D eigenvalue weighted by molar-refractivity contribution is 9.10. The number of aromatic nitrogens is 2. The number of H-pyrrole nitrogens is 1. The maximum absolute atomic E-state index is 11.7. The lowest BCUT2D eigenvalue weighted by molar-refractivity contribution is -0.385. The highest BCUT2D eigenvalue weighted by Crippen LogP contribution is 2.28. The Hall–Kier alpha value is -2.22. The van der Waals surface area contributed by atoms with Crippen LogP contribution in [0.25, 0.3) is 0 Å². The molecule has 1 aromatic heterocycles. The van der Waals surface area contributed by atoms with Gasteiger partial charge in [0, 0.05) is 17.8 Å². The molecule has 0 radical (unpaired) electrons. The van der Waals surface area contributed by atoms with Crippen LogP contribution in [0.2, 0.25) is 0 Å². The van der Waals surface area contributed by atoms with Crippen molar-refractivity contribution in [3.63, 3.8) is 0 Å². The molecular weight excluding hydrogens is 330 g/mol. The van der Waals surface area contributed by atoms with Gasteiger partial charge in [0.15, 0.2) is 0 Å². The first-order valence-electron chi connectivity index (χ1n) is 5.62. The molecule has 0 amide bonds. The standard InChI is InChI=1S/C12H10BrN3O4/c1-7-5-15(12(18)14-11(7)17)6-8-3-2-4-9(10(8)13)16(19)20/h2-5H,6H2,1H3,(H,14,17,18). The van der Waals surface area contributed by atoms with E-state index in [1.54, 1.807) is 19.1 Å². The molecule has 0 bridgehead atoms. The first-order valence-corrected chi connectivity index (χ1v) is 6.41. The van der Waals surface area contributed by atoms with Crippen molar-refractivity contribution < 1.29 is 4.92 Å². The van der Waals surface area contributed by atoms with E-state index in [1.165, 1.54) is 16.8 Å². The molecule has 0 unspecified atom stereocenters. The average molecular weight is 340 g/mol. The maximum atomic E-state index is 11.7. The Morgan fingerprint density at radius 3 is 2.75 bits per heavy atom. The van der Waals surface area contributed by atoms with Crippen molar-refractivity contribution in [1.29, 1.82) is 0 Å². The summed E-state index contributed by atoms with van der Waals surface area (Å²) in [5.41, 5.74) is -0.0982. The molecule has 0 aliphatic carbocycles. The van der Waals surface area contributed by atoms with Gasteiger partial charge in [-0.15, -0.1) is 0 Å². The van der Waals surface area contributed by atoms with Crippen LogP contribution in [0.1, 0.15) is 11.1 Å². The summed E-state index contributed by atoms with van der Waals surface area (Å²) in [6, 6.07) is 4.58. The molecule has 2 rings (SSSR count). The Morgan fingerprint density at radius 1 is 1.40 bits per heavy atom. The molecule has 0 saturated carbocycles. The van der Waals surface area contributed by atoms with Gasteiger partial charge in [0.2, 0.25) is 0 Å². The molecule has 0 spiro atoms.